The zero-order chi connectivity index (χ0) is 13.0. The van der Waals surface area contributed by atoms with Crippen molar-refractivity contribution in [3.63, 3.8) is 0 Å². The SMILES string of the molecule is CCOC(=O)CNc1nc(NC)cn2ccnc12. The van der Waals surface area contributed by atoms with Crippen LogP contribution in [0.1, 0.15) is 6.92 Å². The number of carbonyl (C=O) groups is 1. The van der Waals surface area contributed by atoms with Gasteiger partial charge in [0, 0.05) is 19.4 Å². The van der Waals surface area contributed by atoms with Gasteiger partial charge in [-0.2, -0.15) is 0 Å². The monoisotopic (exact) mass is 249 g/mol. The molecular formula is C11H15N5O2. The minimum Gasteiger partial charge on any atom is -0.465 e. The van der Waals surface area contributed by atoms with Crippen molar-refractivity contribution in [2.75, 3.05) is 30.8 Å². The smallest absolute Gasteiger partial charge is 0.325 e. The normalized spacial score (nSPS) is 10.3. The minimum absolute atomic E-state index is 0.0660. The van der Waals surface area contributed by atoms with Crippen molar-refractivity contribution in [3.05, 3.63) is 18.6 Å². The lowest BCUT2D eigenvalue weighted by molar-refractivity contribution is -0.140. The van der Waals surface area contributed by atoms with E-state index >= 15 is 0 Å². The van der Waals surface area contributed by atoms with Gasteiger partial charge in [0.1, 0.15) is 12.4 Å². The third-order valence-corrected chi connectivity index (χ3v) is 2.34. The van der Waals surface area contributed by atoms with Crippen molar-refractivity contribution in [1.29, 1.82) is 0 Å². The topological polar surface area (TPSA) is 80.5 Å². The number of nitrogens with zero attached hydrogens (tertiary/aromatic N) is 3. The summed E-state index contributed by atoms with van der Waals surface area (Å²) in [6, 6.07) is 0. The van der Waals surface area contributed by atoms with Gasteiger partial charge in [0.25, 0.3) is 0 Å². The summed E-state index contributed by atoms with van der Waals surface area (Å²) in [5.74, 6) is 0.908. The molecule has 0 spiro atoms. The van der Waals surface area contributed by atoms with Gasteiger partial charge in [-0.05, 0) is 6.92 Å². The molecule has 0 saturated heterocycles. The molecule has 2 aromatic rings. The molecule has 0 aromatic carbocycles. The molecule has 0 saturated carbocycles. The van der Waals surface area contributed by atoms with Crippen LogP contribution < -0.4 is 10.6 Å². The van der Waals surface area contributed by atoms with Gasteiger partial charge in [-0.3, -0.25) is 4.79 Å². The maximum absolute atomic E-state index is 11.3. The van der Waals surface area contributed by atoms with Gasteiger partial charge in [0.15, 0.2) is 11.5 Å². The van der Waals surface area contributed by atoms with Gasteiger partial charge >= 0.3 is 5.97 Å². The molecule has 2 rings (SSSR count). The maximum Gasteiger partial charge on any atom is 0.325 e. The first-order chi connectivity index (χ1) is 8.74. The molecule has 2 heterocycles. The Kier molecular flexibility index (Phi) is 3.61. The molecule has 0 atom stereocenters. The Morgan fingerprint density at radius 3 is 3.11 bits per heavy atom. The number of hydrogen-bond donors (Lipinski definition) is 2. The average molecular weight is 249 g/mol. The van der Waals surface area contributed by atoms with Gasteiger partial charge < -0.3 is 19.8 Å². The van der Waals surface area contributed by atoms with Crippen molar-refractivity contribution < 1.29 is 9.53 Å². The molecule has 0 amide bonds. The largest absolute Gasteiger partial charge is 0.465 e. The van der Waals surface area contributed by atoms with Gasteiger partial charge in [-0.25, -0.2) is 9.97 Å². The lowest BCUT2D eigenvalue weighted by atomic mass is 10.5. The lowest BCUT2D eigenvalue weighted by Gasteiger charge is -2.08. The van der Waals surface area contributed by atoms with E-state index in [1.165, 1.54) is 0 Å². The summed E-state index contributed by atoms with van der Waals surface area (Å²) in [5, 5.41) is 5.87. The van der Waals surface area contributed by atoms with Gasteiger partial charge in [-0.15, -0.1) is 0 Å². The molecule has 0 bridgehead atoms. The number of esters is 1. The van der Waals surface area contributed by atoms with Crippen molar-refractivity contribution in [3.8, 4) is 0 Å². The molecule has 2 aromatic heterocycles. The van der Waals surface area contributed by atoms with E-state index in [9.17, 15) is 4.79 Å². The Morgan fingerprint density at radius 1 is 1.56 bits per heavy atom. The molecule has 0 unspecified atom stereocenters. The second-order valence-corrected chi connectivity index (χ2v) is 3.54. The molecule has 2 N–H and O–H groups in total. The van der Waals surface area contributed by atoms with Crippen molar-refractivity contribution >= 4 is 23.3 Å². The molecule has 0 aliphatic rings. The van der Waals surface area contributed by atoms with Crippen LogP contribution in [0.2, 0.25) is 0 Å². The highest BCUT2D eigenvalue weighted by Gasteiger charge is 2.08. The van der Waals surface area contributed by atoms with Crippen LogP contribution in [-0.4, -0.2) is 40.5 Å². The van der Waals surface area contributed by atoms with Crippen LogP contribution in [-0.2, 0) is 9.53 Å². The van der Waals surface area contributed by atoms with Crippen LogP contribution in [0.3, 0.4) is 0 Å². The number of hydrogen-bond acceptors (Lipinski definition) is 6. The van der Waals surface area contributed by atoms with Crippen LogP contribution in [0.25, 0.3) is 5.65 Å². The molecule has 0 aliphatic heterocycles. The van der Waals surface area contributed by atoms with E-state index in [2.05, 4.69) is 20.6 Å². The van der Waals surface area contributed by atoms with Crippen molar-refractivity contribution in [2.24, 2.45) is 0 Å². The fourth-order valence-electron chi connectivity index (χ4n) is 1.54. The van der Waals surface area contributed by atoms with E-state index in [0.717, 1.165) is 0 Å². The summed E-state index contributed by atoms with van der Waals surface area (Å²) in [7, 11) is 1.78. The van der Waals surface area contributed by atoms with Gasteiger partial charge in [0.05, 0.1) is 12.8 Å². The molecule has 96 valence electrons. The quantitative estimate of drug-likeness (QED) is 0.761. The van der Waals surface area contributed by atoms with Gasteiger partial charge in [-0.1, -0.05) is 0 Å². The molecule has 0 aliphatic carbocycles. The van der Waals surface area contributed by atoms with Crippen LogP contribution in [0, 0.1) is 0 Å². The number of carbonyl (C=O) groups excluding carboxylic acids is 1. The van der Waals surface area contributed by atoms with Crippen molar-refractivity contribution in [1.82, 2.24) is 14.4 Å². The van der Waals surface area contributed by atoms with E-state index in [4.69, 9.17) is 4.74 Å². The van der Waals surface area contributed by atoms with E-state index in [-0.39, 0.29) is 12.5 Å². The van der Waals surface area contributed by atoms with Crippen LogP contribution in [0.15, 0.2) is 18.6 Å². The summed E-state index contributed by atoms with van der Waals surface area (Å²) in [4.78, 5) is 19.8. The third-order valence-electron chi connectivity index (χ3n) is 2.34. The molecule has 18 heavy (non-hydrogen) atoms. The van der Waals surface area contributed by atoms with Crippen LogP contribution in [0.5, 0.6) is 0 Å². The van der Waals surface area contributed by atoms with Crippen molar-refractivity contribution in [2.45, 2.75) is 6.92 Å². The Balaban J connectivity index is 2.20. The highest BCUT2D eigenvalue weighted by molar-refractivity contribution is 5.77. The highest BCUT2D eigenvalue weighted by atomic mass is 16.5. The van der Waals surface area contributed by atoms with Crippen LogP contribution >= 0.6 is 0 Å². The predicted molar refractivity (Wildman–Crippen MR) is 67.7 cm³/mol. The Bertz CT molecular complexity index is 551. The number of aromatic nitrogens is 3. The number of rotatable bonds is 5. The fourth-order valence-corrected chi connectivity index (χ4v) is 1.54. The number of fused-ring (bicyclic) bond motifs is 1. The molecule has 0 radical (unpaired) electrons. The van der Waals surface area contributed by atoms with E-state index in [1.807, 2.05) is 16.8 Å². The highest BCUT2D eigenvalue weighted by Crippen LogP contribution is 2.15. The number of ether oxygens (including phenoxy) is 1. The third kappa shape index (κ3) is 2.50. The zero-order valence-electron chi connectivity index (χ0n) is 10.3. The summed E-state index contributed by atoms with van der Waals surface area (Å²) in [6.07, 6.45) is 5.30. The fraction of sp³-hybridized carbons (Fsp3) is 0.364. The first-order valence-electron chi connectivity index (χ1n) is 5.65. The van der Waals surface area contributed by atoms with E-state index in [0.29, 0.717) is 23.9 Å². The Hall–Kier alpha value is -2.31. The second-order valence-electron chi connectivity index (χ2n) is 3.54. The lowest BCUT2D eigenvalue weighted by Crippen LogP contribution is -2.18. The number of nitrogens with one attached hydrogen (secondary N) is 2. The first kappa shape index (κ1) is 12.2. The minimum atomic E-state index is -0.320. The molecular weight excluding hydrogens is 234 g/mol. The molecule has 7 nitrogen and oxygen atoms in total. The zero-order valence-corrected chi connectivity index (χ0v) is 10.3. The standard InChI is InChI=1S/C11H15N5O2/c1-3-18-9(17)6-14-10-11-13-4-5-16(11)7-8(12-2)15-10/h4-5,7,12H,3,6H2,1-2H3,(H,14,15). The summed E-state index contributed by atoms with van der Waals surface area (Å²) in [5.41, 5.74) is 0.665. The number of anilines is 2. The van der Waals surface area contributed by atoms with E-state index < -0.39 is 0 Å². The maximum atomic E-state index is 11.3. The summed E-state index contributed by atoms with van der Waals surface area (Å²) in [6.45, 7) is 2.20. The first-order valence-corrected chi connectivity index (χ1v) is 5.65. The Morgan fingerprint density at radius 2 is 2.39 bits per heavy atom. The Labute approximate surface area is 104 Å². The van der Waals surface area contributed by atoms with Crippen LogP contribution in [0.4, 0.5) is 11.6 Å². The van der Waals surface area contributed by atoms with Gasteiger partial charge in [0.2, 0.25) is 0 Å². The average Bonchev–Trinajstić information content (AvgIpc) is 2.84. The molecule has 7 heteroatoms. The summed E-state index contributed by atoms with van der Waals surface area (Å²) >= 11 is 0. The van der Waals surface area contributed by atoms with E-state index in [1.54, 1.807) is 20.2 Å². The molecule has 0 fully saturated rings. The summed E-state index contributed by atoms with van der Waals surface area (Å²) < 4.78 is 6.67. The number of imidazole rings is 1. The second kappa shape index (κ2) is 5.35. The predicted octanol–water partition coefficient (Wildman–Crippen LogP) is 0.746.